The Morgan fingerprint density at radius 3 is 2.52 bits per heavy atom. The molecule has 2 aromatic carbocycles. The van der Waals surface area contributed by atoms with Crippen LogP contribution in [0.3, 0.4) is 0 Å². The first-order chi connectivity index (χ1) is 10.1. The molecule has 1 unspecified atom stereocenters. The second kappa shape index (κ2) is 5.83. The molecule has 0 saturated heterocycles. The first-order valence-electron chi connectivity index (χ1n) is 6.39. The monoisotopic (exact) mass is 367 g/mol. The molecule has 0 aliphatic rings. The fourth-order valence-corrected chi connectivity index (χ4v) is 3.87. The molecular formula is C16H12BrF2NS. The van der Waals surface area contributed by atoms with Crippen molar-refractivity contribution >= 4 is 37.4 Å². The molecule has 0 saturated carbocycles. The van der Waals surface area contributed by atoms with Crippen LogP contribution < -0.4 is 5.32 Å². The van der Waals surface area contributed by atoms with Gasteiger partial charge in [-0.05, 0) is 41.6 Å². The van der Waals surface area contributed by atoms with Gasteiger partial charge in [0.15, 0.2) is 0 Å². The summed E-state index contributed by atoms with van der Waals surface area (Å²) >= 11 is 4.68. The van der Waals surface area contributed by atoms with Crippen LogP contribution in [0.4, 0.5) is 8.78 Å². The molecule has 5 heteroatoms. The number of benzene rings is 2. The van der Waals surface area contributed by atoms with Crippen LogP contribution in [0.2, 0.25) is 0 Å². The molecule has 1 nitrogen and oxygen atoms in total. The van der Waals surface area contributed by atoms with Crippen molar-refractivity contribution in [2.75, 3.05) is 7.05 Å². The van der Waals surface area contributed by atoms with Crippen LogP contribution in [0.15, 0.2) is 46.3 Å². The summed E-state index contributed by atoms with van der Waals surface area (Å²) in [6.45, 7) is 0. The lowest BCUT2D eigenvalue weighted by Gasteiger charge is -2.19. The predicted molar refractivity (Wildman–Crippen MR) is 86.8 cm³/mol. The van der Waals surface area contributed by atoms with E-state index in [0.717, 1.165) is 15.6 Å². The summed E-state index contributed by atoms with van der Waals surface area (Å²) in [5, 5.41) is 6.09. The Hall–Kier alpha value is -1.30. The third-order valence-electron chi connectivity index (χ3n) is 3.44. The van der Waals surface area contributed by atoms with Gasteiger partial charge in [-0.2, -0.15) is 0 Å². The summed E-state index contributed by atoms with van der Waals surface area (Å²) < 4.78 is 29.9. The number of nitrogens with one attached hydrogen (secondary N) is 1. The molecule has 3 aromatic rings. The summed E-state index contributed by atoms with van der Waals surface area (Å²) in [4.78, 5) is 0. The van der Waals surface area contributed by atoms with Gasteiger partial charge >= 0.3 is 0 Å². The van der Waals surface area contributed by atoms with E-state index in [0.29, 0.717) is 4.47 Å². The molecule has 0 aliphatic carbocycles. The van der Waals surface area contributed by atoms with Crippen molar-refractivity contribution in [3.8, 4) is 0 Å². The van der Waals surface area contributed by atoms with E-state index >= 15 is 0 Å². The third kappa shape index (κ3) is 2.61. The molecule has 1 aromatic heterocycles. The molecule has 3 rings (SSSR count). The van der Waals surface area contributed by atoms with Crippen molar-refractivity contribution in [1.29, 1.82) is 0 Å². The van der Waals surface area contributed by atoms with Crippen LogP contribution >= 0.6 is 27.3 Å². The first kappa shape index (κ1) is 14.6. The highest BCUT2D eigenvalue weighted by Gasteiger charge is 2.23. The van der Waals surface area contributed by atoms with Gasteiger partial charge in [0, 0.05) is 14.7 Å². The Bertz CT molecular complexity index is 777. The quantitative estimate of drug-likeness (QED) is 0.666. The van der Waals surface area contributed by atoms with Gasteiger partial charge < -0.3 is 5.32 Å². The summed E-state index contributed by atoms with van der Waals surface area (Å²) in [6.07, 6.45) is 0. The molecular weight excluding hydrogens is 356 g/mol. The normalized spacial score (nSPS) is 12.8. The Morgan fingerprint density at radius 2 is 1.86 bits per heavy atom. The second-order valence-electron chi connectivity index (χ2n) is 4.69. The number of halogens is 3. The van der Waals surface area contributed by atoms with Crippen molar-refractivity contribution in [3.05, 3.63) is 69.0 Å². The van der Waals surface area contributed by atoms with Crippen LogP contribution in [0.1, 0.15) is 17.2 Å². The molecule has 1 atom stereocenters. The van der Waals surface area contributed by atoms with Gasteiger partial charge in [0.05, 0.1) is 6.04 Å². The van der Waals surface area contributed by atoms with Crippen molar-refractivity contribution in [2.24, 2.45) is 0 Å². The van der Waals surface area contributed by atoms with E-state index in [1.807, 2.05) is 29.6 Å². The predicted octanol–water partition coefficient (Wildman–Crippen LogP) is 5.25. The minimum Gasteiger partial charge on any atom is -0.309 e. The highest BCUT2D eigenvalue weighted by molar-refractivity contribution is 9.10. The van der Waals surface area contributed by atoms with Gasteiger partial charge in [-0.1, -0.05) is 34.1 Å². The van der Waals surface area contributed by atoms with E-state index in [4.69, 9.17) is 0 Å². The van der Waals surface area contributed by atoms with E-state index in [1.165, 1.54) is 12.1 Å². The van der Waals surface area contributed by atoms with E-state index in [2.05, 4.69) is 21.2 Å². The van der Waals surface area contributed by atoms with E-state index in [1.54, 1.807) is 18.4 Å². The van der Waals surface area contributed by atoms with Crippen LogP contribution in [0, 0.1) is 11.6 Å². The summed E-state index contributed by atoms with van der Waals surface area (Å²) in [5.74, 6) is -1.12. The summed E-state index contributed by atoms with van der Waals surface area (Å²) in [7, 11) is 1.71. The minimum absolute atomic E-state index is 0.0431. The molecule has 0 fully saturated rings. The second-order valence-corrected chi connectivity index (χ2v) is 6.52. The van der Waals surface area contributed by atoms with Gasteiger partial charge in [-0.3, -0.25) is 0 Å². The number of fused-ring (bicyclic) bond motifs is 1. The van der Waals surface area contributed by atoms with Crippen molar-refractivity contribution in [3.63, 3.8) is 0 Å². The third-order valence-corrected chi connectivity index (χ3v) is 4.88. The molecule has 108 valence electrons. The molecule has 0 aliphatic heterocycles. The zero-order valence-electron chi connectivity index (χ0n) is 11.2. The largest absolute Gasteiger partial charge is 0.309 e. The van der Waals surface area contributed by atoms with Gasteiger partial charge in [-0.15, -0.1) is 11.3 Å². The number of rotatable bonds is 3. The lowest BCUT2D eigenvalue weighted by atomic mass is 9.97. The number of thiophene rings is 1. The lowest BCUT2D eigenvalue weighted by Crippen LogP contribution is -2.20. The maximum atomic E-state index is 14.3. The Balaban J connectivity index is 2.22. The Labute approximate surface area is 133 Å². The Morgan fingerprint density at radius 1 is 1.14 bits per heavy atom. The van der Waals surface area contributed by atoms with Gasteiger partial charge in [0.2, 0.25) is 0 Å². The highest BCUT2D eigenvalue weighted by Crippen LogP contribution is 2.35. The van der Waals surface area contributed by atoms with Crippen LogP contribution in [0.25, 0.3) is 10.1 Å². The van der Waals surface area contributed by atoms with Gasteiger partial charge in [0.1, 0.15) is 11.6 Å². The Kier molecular flexibility index (Phi) is 4.06. The van der Waals surface area contributed by atoms with Gasteiger partial charge in [0.25, 0.3) is 0 Å². The minimum atomic E-state index is -0.560. The van der Waals surface area contributed by atoms with Gasteiger partial charge in [-0.25, -0.2) is 8.78 Å². The van der Waals surface area contributed by atoms with Crippen LogP contribution in [-0.4, -0.2) is 7.05 Å². The fourth-order valence-electron chi connectivity index (χ4n) is 2.53. The van der Waals surface area contributed by atoms with Crippen molar-refractivity contribution in [2.45, 2.75) is 6.04 Å². The van der Waals surface area contributed by atoms with Crippen LogP contribution in [-0.2, 0) is 0 Å². The lowest BCUT2D eigenvalue weighted by molar-refractivity contribution is 0.522. The van der Waals surface area contributed by atoms with E-state index < -0.39 is 17.7 Å². The molecule has 21 heavy (non-hydrogen) atoms. The fraction of sp³-hybridized carbons (Fsp3) is 0.125. The maximum Gasteiger partial charge on any atom is 0.132 e. The van der Waals surface area contributed by atoms with Crippen LogP contribution in [0.5, 0.6) is 0 Å². The van der Waals surface area contributed by atoms with E-state index in [-0.39, 0.29) is 5.56 Å². The summed E-state index contributed by atoms with van der Waals surface area (Å²) in [6, 6.07) is 9.86. The average molecular weight is 368 g/mol. The molecule has 0 radical (unpaired) electrons. The molecule has 0 spiro atoms. The topological polar surface area (TPSA) is 12.0 Å². The smallest absolute Gasteiger partial charge is 0.132 e. The first-order valence-corrected chi connectivity index (χ1v) is 8.07. The molecule has 1 heterocycles. The number of hydrogen-bond donors (Lipinski definition) is 1. The maximum absolute atomic E-state index is 14.3. The van der Waals surface area contributed by atoms with Crippen molar-refractivity contribution in [1.82, 2.24) is 5.32 Å². The molecule has 1 N–H and O–H groups in total. The molecule has 0 amide bonds. The molecule has 0 bridgehead atoms. The highest BCUT2D eigenvalue weighted by atomic mass is 79.9. The van der Waals surface area contributed by atoms with Crippen molar-refractivity contribution < 1.29 is 8.78 Å². The SMILES string of the molecule is CNC(c1c(F)cc(Br)cc1F)c1cccc2ccsc12. The standard InChI is InChI=1S/C16H12BrF2NS/c1-20-15(14-12(18)7-10(17)8-13(14)19)11-4-2-3-9-5-6-21-16(9)11/h2-8,15,20H,1H3. The van der Waals surface area contributed by atoms with E-state index in [9.17, 15) is 8.78 Å². The summed E-state index contributed by atoms with van der Waals surface area (Å²) in [5.41, 5.74) is 0.923. The zero-order chi connectivity index (χ0) is 15.0. The number of hydrogen-bond acceptors (Lipinski definition) is 2. The zero-order valence-corrected chi connectivity index (χ0v) is 13.6. The average Bonchev–Trinajstić information content (AvgIpc) is 2.91.